The molecule has 10 unspecified atom stereocenters. The molecule has 10 amide bonds. The number of phenols is 1. The van der Waals surface area contributed by atoms with E-state index in [0.717, 1.165) is 6.92 Å². The molecular weight excluding hydrogens is 983 g/mol. The molecule has 75 heavy (non-hydrogen) atoms. The highest BCUT2D eigenvalue weighted by atomic mass is 16.4. The van der Waals surface area contributed by atoms with Crippen molar-refractivity contribution >= 4 is 65.0 Å². The molecule has 27 nitrogen and oxygen atoms in total. The average Bonchev–Trinajstić information content (AvgIpc) is 3.32. The number of phenolic OH excluding ortho intramolecular Hbond substituents is 1. The fraction of sp³-hybridized carbons (Fsp3) is 0.646. The summed E-state index contributed by atoms with van der Waals surface area (Å²) in [7, 11) is 0. The van der Waals surface area contributed by atoms with Gasteiger partial charge in [-0.15, -0.1) is 0 Å². The largest absolute Gasteiger partial charge is 0.508 e. The number of carboxylic acid groups (broad SMARTS) is 1. The van der Waals surface area contributed by atoms with E-state index >= 15 is 0 Å². The zero-order chi connectivity index (χ0) is 57.1. The van der Waals surface area contributed by atoms with E-state index in [1.165, 1.54) is 26.0 Å². The number of primary amides is 1. The minimum Gasteiger partial charge on any atom is -0.508 e. The molecule has 1 rings (SSSR count). The van der Waals surface area contributed by atoms with Crippen molar-refractivity contribution < 1.29 is 68.1 Å². The number of hydrogen-bond acceptors (Lipinski definition) is 16. The van der Waals surface area contributed by atoms with Gasteiger partial charge in [0.1, 0.15) is 54.1 Å². The minimum absolute atomic E-state index is 0.00977. The normalized spacial score (nSPS) is 15.2. The zero-order valence-electron chi connectivity index (χ0n) is 43.9. The van der Waals surface area contributed by atoms with Crippen LogP contribution in [0.4, 0.5) is 0 Å². The molecular formula is C48H81N13O14. The Balaban J connectivity index is 3.23. The molecule has 27 heteroatoms. The standard InChI is InChI=1S/C48H81N13O14/c1-24(2)20-33(58-45(71)34(57-40(66)26(5)51)21-29-14-16-30(63)17-15-29)42(68)53-23-37(65)55-31(12-8-10-18-49)43(69)56-32(13-9-11-19-50)44(70)60-38(25(3)4)46(72)54-27(6)41(67)61-39(28(7)62)47(73)59-35(48(74)75)22-36(52)64/h14-17,24-28,31-35,38-39,62-63H,8-13,18-23,49-51H2,1-7H3,(H2,52,64)(H,53,68)(H,54,72)(H,55,65)(H,56,69)(H,57,66)(H,58,71)(H,59,73)(H,60,70)(H,61,67)(H,74,75). The molecule has 0 fully saturated rings. The van der Waals surface area contributed by atoms with Crippen LogP contribution in [-0.2, 0) is 59.2 Å². The minimum atomic E-state index is -1.77. The van der Waals surface area contributed by atoms with E-state index in [9.17, 15) is 68.1 Å². The molecule has 0 heterocycles. The van der Waals surface area contributed by atoms with Crippen LogP contribution in [0.1, 0.15) is 105 Å². The quantitative estimate of drug-likeness (QED) is 0.0285. The Hall–Kier alpha value is -6.97. The van der Waals surface area contributed by atoms with Gasteiger partial charge in [-0.05, 0) is 108 Å². The van der Waals surface area contributed by atoms with E-state index in [4.69, 9.17) is 22.9 Å². The van der Waals surface area contributed by atoms with Gasteiger partial charge >= 0.3 is 5.97 Å². The highest BCUT2D eigenvalue weighted by molar-refractivity contribution is 5.98. The lowest BCUT2D eigenvalue weighted by Crippen LogP contribution is -2.61. The van der Waals surface area contributed by atoms with Crippen LogP contribution in [0.15, 0.2) is 24.3 Å². The first-order chi connectivity index (χ1) is 35.1. The van der Waals surface area contributed by atoms with Crippen LogP contribution < -0.4 is 70.8 Å². The molecule has 0 aromatic heterocycles. The van der Waals surface area contributed by atoms with Gasteiger partial charge in [-0.1, -0.05) is 39.8 Å². The topological polar surface area (TPSA) is 461 Å². The molecule has 422 valence electrons. The number of aliphatic hydroxyl groups is 1. The summed E-state index contributed by atoms with van der Waals surface area (Å²) in [4.78, 5) is 144. The van der Waals surface area contributed by atoms with E-state index < -0.39 is 144 Å². The second-order valence-corrected chi connectivity index (χ2v) is 19.1. The van der Waals surface area contributed by atoms with Gasteiger partial charge in [0.2, 0.25) is 59.1 Å². The lowest BCUT2D eigenvalue weighted by Gasteiger charge is -2.28. The van der Waals surface area contributed by atoms with Crippen molar-refractivity contribution in [1.82, 2.24) is 47.9 Å². The summed E-state index contributed by atoms with van der Waals surface area (Å²) in [5.74, 6) is -10.9. The number of hydrogen-bond donors (Lipinski definition) is 16. The van der Waals surface area contributed by atoms with Gasteiger partial charge in [-0.25, -0.2) is 4.79 Å². The summed E-state index contributed by atoms with van der Waals surface area (Å²) in [5, 5.41) is 51.6. The monoisotopic (exact) mass is 1060 g/mol. The fourth-order valence-electron chi connectivity index (χ4n) is 7.19. The summed E-state index contributed by atoms with van der Waals surface area (Å²) in [5.41, 5.74) is 22.8. The molecule has 20 N–H and O–H groups in total. The summed E-state index contributed by atoms with van der Waals surface area (Å²) in [6.45, 7) is 10.5. The number of aliphatic carboxylic acids is 1. The van der Waals surface area contributed by atoms with Crippen molar-refractivity contribution in [3.63, 3.8) is 0 Å². The maximum atomic E-state index is 14.0. The van der Waals surface area contributed by atoms with E-state index in [2.05, 4.69) is 42.5 Å². The van der Waals surface area contributed by atoms with Crippen molar-refractivity contribution in [2.24, 2.45) is 34.8 Å². The third-order valence-corrected chi connectivity index (χ3v) is 11.4. The van der Waals surface area contributed by atoms with E-state index in [-0.39, 0.29) is 50.4 Å². The van der Waals surface area contributed by atoms with Crippen molar-refractivity contribution in [1.29, 1.82) is 0 Å². The van der Waals surface area contributed by atoms with Crippen LogP contribution in [0.3, 0.4) is 0 Å². The van der Waals surface area contributed by atoms with Crippen molar-refractivity contribution in [2.45, 2.75) is 167 Å². The van der Waals surface area contributed by atoms with Crippen LogP contribution in [0, 0.1) is 11.8 Å². The Labute approximate surface area is 436 Å². The van der Waals surface area contributed by atoms with Gasteiger partial charge in [0.05, 0.1) is 25.1 Å². The summed E-state index contributed by atoms with van der Waals surface area (Å²) in [6, 6.07) is -6.10. The summed E-state index contributed by atoms with van der Waals surface area (Å²) < 4.78 is 0. The van der Waals surface area contributed by atoms with Crippen LogP contribution in [0.2, 0.25) is 0 Å². The number of amides is 10. The van der Waals surface area contributed by atoms with Crippen LogP contribution in [0.25, 0.3) is 0 Å². The lowest BCUT2D eigenvalue weighted by molar-refractivity contribution is -0.144. The number of carbonyl (C=O) groups excluding carboxylic acids is 10. The van der Waals surface area contributed by atoms with Gasteiger partial charge in [0.25, 0.3) is 0 Å². The SMILES string of the molecule is CC(C)CC(NC(=O)C(Cc1ccc(O)cc1)NC(=O)C(C)N)C(=O)NCC(=O)NC(CCCCN)C(=O)NC(CCCCN)C(=O)NC(C(=O)NC(C)C(=O)NC(C(=O)NC(CC(N)=O)C(=O)O)C(C)O)C(C)C. The van der Waals surface area contributed by atoms with Gasteiger partial charge < -0.3 is 86.1 Å². The van der Waals surface area contributed by atoms with Gasteiger partial charge in [0, 0.05) is 6.42 Å². The molecule has 0 aliphatic heterocycles. The predicted octanol–water partition coefficient (Wildman–Crippen LogP) is -4.40. The van der Waals surface area contributed by atoms with Crippen LogP contribution >= 0.6 is 0 Å². The first-order valence-electron chi connectivity index (χ1n) is 24.9. The number of nitrogens with two attached hydrogens (primary N) is 4. The predicted molar refractivity (Wildman–Crippen MR) is 273 cm³/mol. The smallest absolute Gasteiger partial charge is 0.326 e. The van der Waals surface area contributed by atoms with Crippen LogP contribution in [0.5, 0.6) is 5.75 Å². The molecule has 0 saturated carbocycles. The van der Waals surface area contributed by atoms with Gasteiger partial charge in [0.15, 0.2) is 0 Å². The van der Waals surface area contributed by atoms with E-state index in [1.807, 2.05) is 5.32 Å². The number of unbranched alkanes of at least 4 members (excludes halogenated alkanes) is 2. The number of carboxylic acids is 1. The molecule has 0 spiro atoms. The Kier molecular flexibility index (Phi) is 29.7. The van der Waals surface area contributed by atoms with Gasteiger partial charge in [-0.3, -0.25) is 47.9 Å². The number of carbonyl (C=O) groups is 11. The molecule has 0 bridgehead atoms. The number of aliphatic hydroxyl groups excluding tert-OH is 1. The van der Waals surface area contributed by atoms with E-state index in [1.54, 1.807) is 39.8 Å². The summed E-state index contributed by atoms with van der Waals surface area (Å²) in [6.07, 6.45) is -0.529. The lowest BCUT2D eigenvalue weighted by atomic mass is 10.0. The van der Waals surface area contributed by atoms with Crippen molar-refractivity contribution in [3.05, 3.63) is 29.8 Å². The Bertz CT molecular complexity index is 2090. The third kappa shape index (κ3) is 25.2. The number of rotatable bonds is 35. The highest BCUT2D eigenvalue weighted by Crippen LogP contribution is 2.14. The Morgan fingerprint density at radius 2 is 1.03 bits per heavy atom. The Morgan fingerprint density at radius 1 is 0.547 bits per heavy atom. The number of aromatic hydroxyl groups is 1. The van der Waals surface area contributed by atoms with Crippen LogP contribution in [-0.4, -0.2) is 160 Å². The highest BCUT2D eigenvalue weighted by Gasteiger charge is 2.35. The molecule has 0 saturated heterocycles. The fourth-order valence-corrected chi connectivity index (χ4v) is 7.19. The molecule has 0 aliphatic carbocycles. The first kappa shape index (κ1) is 66.0. The molecule has 10 atom stereocenters. The maximum absolute atomic E-state index is 14.0. The van der Waals surface area contributed by atoms with E-state index in [0.29, 0.717) is 31.2 Å². The van der Waals surface area contributed by atoms with Crippen molar-refractivity contribution in [2.75, 3.05) is 19.6 Å². The average molecular weight is 1060 g/mol. The molecule has 1 aromatic rings. The maximum Gasteiger partial charge on any atom is 0.326 e. The third-order valence-electron chi connectivity index (χ3n) is 11.4. The summed E-state index contributed by atoms with van der Waals surface area (Å²) >= 11 is 0. The second kappa shape index (κ2) is 33.8. The molecule has 0 aliphatic rings. The molecule has 1 aromatic carbocycles. The van der Waals surface area contributed by atoms with Gasteiger partial charge in [-0.2, -0.15) is 0 Å². The zero-order valence-corrected chi connectivity index (χ0v) is 43.9. The first-order valence-corrected chi connectivity index (χ1v) is 24.9. The molecule has 0 radical (unpaired) electrons. The number of benzene rings is 1. The number of nitrogens with one attached hydrogen (secondary N) is 9. The van der Waals surface area contributed by atoms with Crippen molar-refractivity contribution in [3.8, 4) is 5.75 Å². The Morgan fingerprint density at radius 3 is 1.52 bits per heavy atom. The second-order valence-electron chi connectivity index (χ2n) is 19.1.